The first kappa shape index (κ1) is 14.4. The molecule has 0 atom stereocenters. The second-order valence-corrected chi connectivity index (χ2v) is 7.58. The largest absolute Gasteiger partial charge is 0.326 e. The molecule has 0 spiro atoms. The van der Waals surface area contributed by atoms with E-state index < -0.39 is 15.8 Å². The molecule has 0 radical (unpaired) electrons. The van der Waals surface area contributed by atoms with Crippen molar-refractivity contribution in [3.05, 3.63) is 29.6 Å². The van der Waals surface area contributed by atoms with Crippen molar-refractivity contribution in [2.45, 2.75) is 31.7 Å². The van der Waals surface area contributed by atoms with Crippen molar-refractivity contribution >= 4 is 10.0 Å². The fourth-order valence-corrected chi connectivity index (χ4v) is 4.26. The van der Waals surface area contributed by atoms with Gasteiger partial charge in [-0.3, -0.25) is 0 Å². The van der Waals surface area contributed by atoms with Crippen LogP contribution < -0.4 is 5.73 Å². The maximum absolute atomic E-state index is 13.7. The quantitative estimate of drug-likeness (QED) is 0.920. The number of nitrogens with zero attached hydrogens (tertiary/aromatic N) is 1. The lowest BCUT2D eigenvalue weighted by molar-refractivity contribution is 0.375. The van der Waals surface area contributed by atoms with Crippen molar-refractivity contribution in [3.8, 4) is 0 Å². The summed E-state index contributed by atoms with van der Waals surface area (Å²) < 4.78 is 40.2. The van der Waals surface area contributed by atoms with Gasteiger partial charge in [0.1, 0.15) is 5.82 Å². The maximum Gasteiger partial charge on any atom is 0.243 e. The summed E-state index contributed by atoms with van der Waals surface area (Å²) in [5, 5.41) is 0. The standard InChI is InChI=1S/C13H19FN2O2S/c1-13(2)6-7-16(9-13)19(17,18)12-5-3-4-11(14)10(12)8-15/h3-5H,6-9,15H2,1-2H3. The minimum Gasteiger partial charge on any atom is -0.326 e. The van der Waals surface area contributed by atoms with Crippen molar-refractivity contribution in [2.24, 2.45) is 11.1 Å². The lowest BCUT2D eigenvalue weighted by Crippen LogP contribution is -2.31. The molecule has 2 N–H and O–H groups in total. The Morgan fingerprint density at radius 1 is 1.42 bits per heavy atom. The fraction of sp³-hybridized carbons (Fsp3) is 0.538. The van der Waals surface area contributed by atoms with Gasteiger partial charge in [-0.1, -0.05) is 19.9 Å². The Bertz CT molecular complexity index is 584. The summed E-state index contributed by atoms with van der Waals surface area (Å²) in [6.07, 6.45) is 0.805. The first-order chi connectivity index (χ1) is 8.78. The highest BCUT2D eigenvalue weighted by molar-refractivity contribution is 7.89. The topological polar surface area (TPSA) is 63.4 Å². The van der Waals surface area contributed by atoms with E-state index in [1.807, 2.05) is 13.8 Å². The van der Waals surface area contributed by atoms with E-state index in [0.717, 1.165) is 6.42 Å². The molecular weight excluding hydrogens is 267 g/mol. The van der Waals surface area contributed by atoms with Gasteiger partial charge >= 0.3 is 0 Å². The van der Waals surface area contributed by atoms with Crippen molar-refractivity contribution in [1.82, 2.24) is 4.31 Å². The predicted octanol–water partition coefficient (Wildman–Crippen LogP) is 1.71. The van der Waals surface area contributed by atoms with Crippen LogP contribution >= 0.6 is 0 Å². The molecule has 1 heterocycles. The van der Waals surface area contributed by atoms with Crippen LogP contribution in [0.4, 0.5) is 4.39 Å². The van der Waals surface area contributed by atoms with Crippen molar-refractivity contribution in [1.29, 1.82) is 0 Å². The van der Waals surface area contributed by atoms with Crippen LogP contribution in [0.15, 0.2) is 23.1 Å². The third-order valence-electron chi connectivity index (χ3n) is 3.54. The summed E-state index contributed by atoms with van der Waals surface area (Å²) in [4.78, 5) is -0.00676. The molecule has 0 aliphatic carbocycles. The Hall–Kier alpha value is -0.980. The minimum absolute atomic E-state index is 0.00676. The monoisotopic (exact) mass is 286 g/mol. The van der Waals surface area contributed by atoms with E-state index in [2.05, 4.69) is 0 Å². The van der Waals surface area contributed by atoms with E-state index in [1.54, 1.807) is 0 Å². The highest BCUT2D eigenvalue weighted by Crippen LogP contribution is 2.33. The zero-order valence-corrected chi connectivity index (χ0v) is 12.0. The van der Waals surface area contributed by atoms with Crippen molar-refractivity contribution < 1.29 is 12.8 Å². The van der Waals surface area contributed by atoms with E-state index in [-0.39, 0.29) is 22.4 Å². The molecule has 2 rings (SSSR count). The lowest BCUT2D eigenvalue weighted by atomic mass is 9.93. The molecule has 19 heavy (non-hydrogen) atoms. The molecule has 1 aromatic rings. The maximum atomic E-state index is 13.7. The third kappa shape index (κ3) is 2.66. The summed E-state index contributed by atoms with van der Waals surface area (Å²) in [6, 6.07) is 4.06. The van der Waals surface area contributed by atoms with Crippen molar-refractivity contribution in [3.63, 3.8) is 0 Å². The van der Waals surface area contributed by atoms with Gasteiger partial charge in [0.2, 0.25) is 10.0 Å². The van der Waals surface area contributed by atoms with Gasteiger partial charge in [-0.15, -0.1) is 0 Å². The molecule has 106 valence electrons. The molecule has 1 fully saturated rings. The Kier molecular flexibility index (Phi) is 3.68. The van der Waals surface area contributed by atoms with Gasteiger partial charge in [0.15, 0.2) is 0 Å². The molecule has 4 nitrogen and oxygen atoms in total. The number of nitrogens with two attached hydrogens (primary N) is 1. The van der Waals surface area contributed by atoms with Crippen LogP contribution in [0.25, 0.3) is 0 Å². The normalized spacial score (nSPS) is 19.8. The highest BCUT2D eigenvalue weighted by Gasteiger charge is 2.37. The van der Waals surface area contributed by atoms with E-state index in [1.165, 1.54) is 22.5 Å². The van der Waals surface area contributed by atoms with Gasteiger partial charge in [0.25, 0.3) is 0 Å². The van der Waals surface area contributed by atoms with Gasteiger partial charge < -0.3 is 5.73 Å². The second-order valence-electron chi connectivity index (χ2n) is 5.67. The number of benzene rings is 1. The zero-order valence-electron chi connectivity index (χ0n) is 11.2. The van der Waals surface area contributed by atoms with Gasteiger partial charge in [0, 0.05) is 25.2 Å². The Morgan fingerprint density at radius 3 is 2.63 bits per heavy atom. The molecule has 1 saturated heterocycles. The van der Waals surface area contributed by atoms with Crippen LogP contribution in [0.2, 0.25) is 0 Å². The predicted molar refractivity (Wildman–Crippen MR) is 71.4 cm³/mol. The lowest BCUT2D eigenvalue weighted by Gasteiger charge is -2.21. The Morgan fingerprint density at radius 2 is 2.11 bits per heavy atom. The van der Waals surface area contributed by atoms with Crippen LogP contribution in [-0.2, 0) is 16.6 Å². The summed E-state index contributed by atoms with van der Waals surface area (Å²) in [5.41, 5.74) is 5.50. The van der Waals surface area contributed by atoms with E-state index in [0.29, 0.717) is 13.1 Å². The van der Waals surface area contributed by atoms with Gasteiger partial charge in [-0.05, 0) is 24.0 Å². The molecule has 0 aromatic heterocycles. The van der Waals surface area contributed by atoms with Gasteiger partial charge in [-0.25, -0.2) is 12.8 Å². The number of hydrogen-bond acceptors (Lipinski definition) is 3. The van der Waals surface area contributed by atoms with Crippen LogP contribution in [0.3, 0.4) is 0 Å². The van der Waals surface area contributed by atoms with E-state index >= 15 is 0 Å². The molecule has 0 saturated carbocycles. The molecule has 1 aliphatic heterocycles. The second kappa shape index (κ2) is 4.85. The summed E-state index contributed by atoms with van der Waals surface area (Å²) in [6.45, 7) is 4.85. The van der Waals surface area contributed by atoms with Gasteiger partial charge in [-0.2, -0.15) is 4.31 Å². The SMILES string of the molecule is CC1(C)CCN(S(=O)(=O)c2cccc(F)c2CN)C1. The molecule has 1 aromatic carbocycles. The highest BCUT2D eigenvalue weighted by atomic mass is 32.2. The van der Waals surface area contributed by atoms with Crippen LogP contribution in [0.1, 0.15) is 25.8 Å². The summed E-state index contributed by atoms with van der Waals surface area (Å²) in [7, 11) is -3.66. The zero-order chi connectivity index (χ0) is 14.3. The first-order valence-corrected chi connectivity index (χ1v) is 7.69. The van der Waals surface area contributed by atoms with Gasteiger partial charge in [0.05, 0.1) is 4.90 Å². The van der Waals surface area contributed by atoms with E-state index in [4.69, 9.17) is 5.73 Å². The van der Waals surface area contributed by atoms with Crippen LogP contribution in [0.5, 0.6) is 0 Å². The molecule has 6 heteroatoms. The average molecular weight is 286 g/mol. The number of rotatable bonds is 3. The first-order valence-electron chi connectivity index (χ1n) is 6.25. The summed E-state index contributed by atoms with van der Waals surface area (Å²) >= 11 is 0. The van der Waals surface area contributed by atoms with Crippen LogP contribution in [-0.4, -0.2) is 25.8 Å². The smallest absolute Gasteiger partial charge is 0.243 e. The average Bonchev–Trinajstić information content (AvgIpc) is 2.70. The minimum atomic E-state index is -3.66. The Balaban J connectivity index is 2.44. The number of sulfonamides is 1. The number of halogens is 1. The Labute approximate surface area is 113 Å². The summed E-state index contributed by atoms with van der Waals surface area (Å²) in [5.74, 6) is -0.568. The third-order valence-corrected chi connectivity index (χ3v) is 5.47. The molecule has 0 bridgehead atoms. The molecule has 1 aliphatic rings. The molecular formula is C13H19FN2O2S. The molecule has 0 amide bonds. The number of hydrogen-bond donors (Lipinski definition) is 1. The molecule has 0 unspecified atom stereocenters. The fourth-order valence-electron chi connectivity index (χ4n) is 2.39. The van der Waals surface area contributed by atoms with Crippen LogP contribution in [0, 0.1) is 11.2 Å². The van der Waals surface area contributed by atoms with Crippen molar-refractivity contribution in [2.75, 3.05) is 13.1 Å². The van der Waals surface area contributed by atoms with E-state index in [9.17, 15) is 12.8 Å².